The van der Waals surface area contributed by atoms with Crippen LogP contribution in [-0.2, 0) is 4.79 Å². The zero-order chi connectivity index (χ0) is 15.0. The number of benzene rings is 1. The predicted octanol–water partition coefficient (Wildman–Crippen LogP) is 0.960. The Morgan fingerprint density at radius 3 is 2.05 bits per heavy atom. The minimum Gasteiger partial charge on any atom is -0.497 e. The van der Waals surface area contributed by atoms with Gasteiger partial charge in [0.05, 0.1) is 14.2 Å². The first-order valence-electron chi connectivity index (χ1n) is 6.38. The van der Waals surface area contributed by atoms with Crippen molar-refractivity contribution in [2.45, 2.75) is 13.3 Å². The van der Waals surface area contributed by atoms with E-state index in [1.165, 1.54) is 14.2 Å². The van der Waals surface area contributed by atoms with E-state index >= 15 is 0 Å². The predicted molar refractivity (Wildman–Crippen MR) is 75.2 cm³/mol. The van der Waals surface area contributed by atoms with Crippen molar-refractivity contribution < 1.29 is 19.1 Å². The van der Waals surface area contributed by atoms with Crippen LogP contribution in [0.25, 0.3) is 0 Å². The van der Waals surface area contributed by atoms with E-state index in [9.17, 15) is 9.59 Å². The van der Waals surface area contributed by atoms with Crippen LogP contribution < -0.4 is 20.1 Å². The number of carbonyl (C=O) groups excluding carboxylic acids is 2. The molecule has 1 aromatic rings. The van der Waals surface area contributed by atoms with Gasteiger partial charge in [0.2, 0.25) is 5.91 Å². The summed E-state index contributed by atoms with van der Waals surface area (Å²) in [6.07, 6.45) is 0.432. The average molecular weight is 280 g/mol. The van der Waals surface area contributed by atoms with Gasteiger partial charge in [-0.3, -0.25) is 9.59 Å². The second-order valence-corrected chi connectivity index (χ2v) is 4.06. The Morgan fingerprint density at radius 1 is 1.00 bits per heavy atom. The lowest BCUT2D eigenvalue weighted by molar-refractivity contribution is -0.120. The van der Waals surface area contributed by atoms with Gasteiger partial charge in [-0.2, -0.15) is 0 Å². The van der Waals surface area contributed by atoms with E-state index in [4.69, 9.17) is 9.47 Å². The molecule has 0 unspecified atom stereocenters. The molecule has 0 radical (unpaired) electrons. The third-order valence-corrected chi connectivity index (χ3v) is 2.67. The summed E-state index contributed by atoms with van der Waals surface area (Å²) in [7, 11) is 3.05. The molecule has 20 heavy (non-hydrogen) atoms. The van der Waals surface area contributed by atoms with Crippen molar-refractivity contribution in [3.8, 4) is 11.5 Å². The number of amides is 2. The molecule has 0 heterocycles. The molecule has 0 fully saturated rings. The number of hydrogen-bond donors (Lipinski definition) is 2. The van der Waals surface area contributed by atoms with E-state index in [-0.39, 0.29) is 11.8 Å². The third kappa shape index (κ3) is 4.79. The normalized spacial score (nSPS) is 9.75. The standard InChI is InChI=1S/C14H20N2O4/c1-4-13(17)15-5-6-16-14(18)10-7-11(19-2)9-12(8-10)20-3/h7-9H,4-6H2,1-3H3,(H,15,17)(H,16,18). The number of rotatable bonds is 7. The molecule has 0 aliphatic carbocycles. The summed E-state index contributed by atoms with van der Waals surface area (Å²) in [6.45, 7) is 2.54. The van der Waals surface area contributed by atoms with Gasteiger partial charge < -0.3 is 20.1 Å². The maximum absolute atomic E-state index is 12.0. The molecule has 110 valence electrons. The van der Waals surface area contributed by atoms with E-state index in [1.54, 1.807) is 25.1 Å². The summed E-state index contributed by atoms with van der Waals surface area (Å²) < 4.78 is 10.2. The number of hydrogen-bond acceptors (Lipinski definition) is 4. The summed E-state index contributed by atoms with van der Waals surface area (Å²) >= 11 is 0. The lowest BCUT2D eigenvalue weighted by Crippen LogP contribution is -2.34. The molecule has 6 nitrogen and oxygen atoms in total. The van der Waals surface area contributed by atoms with Crippen LogP contribution in [0.4, 0.5) is 0 Å². The monoisotopic (exact) mass is 280 g/mol. The van der Waals surface area contributed by atoms with E-state index in [1.807, 2.05) is 0 Å². The number of carbonyl (C=O) groups is 2. The summed E-state index contributed by atoms with van der Waals surface area (Å²) in [5.41, 5.74) is 0.447. The highest BCUT2D eigenvalue weighted by Gasteiger charge is 2.09. The molecule has 0 saturated heterocycles. The van der Waals surface area contributed by atoms with Crippen LogP contribution in [0.1, 0.15) is 23.7 Å². The van der Waals surface area contributed by atoms with Crippen molar-refractivity contribution >= 4 is 11.8 Å². The molecular formula is C14H20N2O4. The Morgan fingerprint density at radius 2 is 1.55 bits per heavy atom. The van der Waals surface area contributed by atoms with Crippen LogP contribution in [-0.4, -0.2) is 39.1 Å². The summed E-state index contributed by atoms with van der Waals surface area (Å²) in [4.78, 5) is 23.0. The zero-order valence-corrected chi connectivity index (χ0v) is 12.0. The van der Waals surface area contributed by atoms with E-state index in [0.717, 1.165) is 0 Å². The molecule has 0 saturated carbocycles. The molecule has 0 aromatic heterocycles. The maximum Gasteiger partial charge on any atom is 0.251 e. The smallest absolute Gasteiger partial charge is 0.251 e. The first kappa shape index (κ1) is 15.8. The molecule has 6 heteroatoms. The molecule has 1 aromatic carbocycles. The van der Waals surface area contributed by atoms with Gasteiger partial charge in [0, 0.05) is 31.1 Å². The van der Waals surface area contributed by atoms with Crippen LogP contribution in [0.2, 0.25) is 0 Å². The van der Waals surface area contributed by atoms with Crippen molar-refractivity contribution in [3.63, 3.8) is 0 Å². The molecule has 2 amide bonds. The van der Waals surface area contributed by atoms with Gasteiger partial charge in [-0.25, -0.2) is 0 Å². The van der Waals surface area contributed by atoms with E-state index in [2.05, 4.69) is 10.6 Å². The van der Waals surface area contributed by atoms with Crippen LogP contribution in [0.15, 0.2) is 18.2 Å². The zero-order valence-electron chi connectivity index (χ0n) is 12.0. The number of methoxy groups -OCH3 is 2. The Kier molecular flexibility index (Phi) is 6.36. The Hall–Kier alpha value is -2.24. The van der Waals surface area contributed by atoms with Crippen LogP contribution in [0.3, 0.4) is 0 Å². The largest absolute Gasteiger partial charge is 0.497 e. The molecule has 0 aliphatic heterocycles. The Labute approximate surface area is 118 Å². The first-order valence-corrected chi connectivity index (χ1v) is 6.38. The Balaban J connectivity index is 2.56. The lowest BCUT2D eigenvalue weighted by atomic mass is 10.2. The van der Waals surface area contributed by atoms with Gasteiger partial charge in [0.1, 0.15) is 11.5 Å². The fourth-order valence-electron chi connectivity index (χ4n) is 1.54. The van der Waals surface area contributed by atoms with Crippen LogP contribution >= 0.6 is 0 Å². The van der Waals surface area contributed by atoms with Crippen molar-refractivity contribution in [2.24, 2.45) is 0 Å². The van der Waals surface area contributed by atoms with Gasteiger partial charge in [0.15, 0.2) is 0 Å². The van der Waals surface area contributed by atoms with Crippen molar-refractivity contribution in [2.75, 3.05) is 27.3 Å². The second-order valence-electron chi connectivity index (χ2n) is 4.06. The number of nitrogens with one attached hydrogen (secondary N) is 2. The fourth-order valence-corrected chi connectivity index (χ4v) is 1.54. The molecule has 0 atom stereocenters. The van der Waals surface area contributed by atoms with E-state index in [0.29, 0.717) is 36.6 Å². The van der Waals surface area contributed by atoms with Crippen LogP contribution in [0, 0.1) is 0 Å². The highest BCUT2D eigenvalue weighted by molar-refractivity contribution is 5.95. The summed E-state index contributed by atoms with van der Waals surface area (Å²) in [5.74, 6) is 0.817. The van der Waals surface area contributed by atoms with Crippen LogP contribution in [0.5, 0.6) is 11.5 Å². The topological polar surface area (TPSA) is 76.7 Å². The molecule has 0 aliphatic rings. The average Bonchev–Trinajstić information content (AvgIpc) is 2.50. The molecule has 1 rings (SSSR count). The Bertz CT molecular complexity index is 452. The minimum absolute atomic E-state index is 0.0395. The lowest BCUT2D eigenvalue weighted by Gasteiger charge is -2.09. The fraction of sp³-hybridized carbons (Fsp3) is 0.429. The summed E-state index contributed by atoms with van der Waals surface area (Å²) in [6, 6.07) is 4.95. The van der Waals surface area contributed by atoms with Gasteiger partial charge >= 0.3 is 0 Å². The van der Waals surface area contributed by atoms with Gasteiger partial charge in [0.25, 0.3) is 5.91 Å². The third-order valence-electron chi connectivity index (χ3n) is 2.67. The first-order chi connectivity index (χ1) is 9.60. The molecular weight excluding hydrogens is 260 g/mol. The maximum atomic E-state index is 12.0. The highest BCUT2D eigenvalue weighted by atomic mass is 16.5. The SMILES string of the molecule is CCC(=O)NCCNC(=O)c1cc(OC)cc(OC)c1. The van der Waals surface area contributed by atoms with E-state index < -0.39 is 0 Å². The highest BCUT2D eigenvalue weighted by Crippen LogP contribution is 2.22. The van der Waals surface area contributed by atoms with Gasteiger partial charge in [-0.15, -0.1) is 0 Å². The molecule has 2 N–H and O–H groups in total. The van der Waals surface area contributed by atoms with Crippen molar-refractivity contribution in [1.29, 1.82) is 0 Å². The van der Waals surface area contributed by atoms with Gasteiger partial charge in [-0.1, -0.05) is 6.92 Å². The number of ether oxygens (including phenoxy) is 2. The van der Waals surface area contributed by atoms with Crippen molar-refractivity contribution in [1.82, 2.24) is 10.6 Å². The summed E-state index contributed by atoms with van der Waals surface area (Å²) in [5, 5.41) is 5.40. The minimum atomic E-state index is -0.243. The molecule has 0 bridgehead atoms. The second kappa shape index (κ2) is 8.04. The quantitative estimate of drug-likeness (QED) is 0.729. The van der Waals surface area contributed by atoms with Gasteiger partial charge in [-0.05, 0) is 12.1 Å². The van der Waals surface area contributed by atoms with Crippen molar-refractivity contribution in [3.05, 3.63) is 23.8 Å². The molecule has 0 spiro atoms.